The Morgan fingerprint density at radius 1 is 1.23 bits per heavy atom. The third kappa shape index (κ3) is 4.45. The Morgan fingerprint density at radius 3 is 2.45 bits per heavy atom. The second-order valence-electron chi connectivity index (χ2n) is 4.94. The van der Waals surface area contributed by atoms with Crippen molar-refractivity contribution in [3.05, 3.63) is 35.9 Å². The highest BCUT2D eigenvalue weighted by atomic mass is 32.2. The van der Waals surface area contributed by atoms with Crippen LogP contribution < -0.4 is 10.6 Å². The predicted molar refractivity (Wildman–Crippen MR) is 92.8 cm³/mol. The minimum absolute atomic E-state index is 0.364. The lowest BCUT2D eigenvalue weighted by molar-refractivity contribution is -0.119. The number of hydrogen-bond acceptors (Lipinski definition) is 4. The van der Waals surface area contributed by atoms with Gasteiger partial charge in [0.15, 0.2) is 0 Å². The van der Waals surface area contributed by atoms with Gasteiger partial charge in [-0.25, -0.2) is 4.79 Å². The van der Waals surface area contributed by atoms with Gasteiger partial charge in [-0.05, 0) is 18.4 Å². The van der Waals surface area contributed by atoms with Crippen molar-refractivity contribution in [2.45, 2.75) is 18.1 Å². The number of imide groups is 1. The van der Waals surface area contributed by atoms with Crippen LogP contribution >= 0.6 is 24.0 Å². The van der Waals surface area contributed by atoms with Crippen molar-refractivity contribution in [3.8, 4) is 0 Å². The van der Waals surface area contributed by atoms with Gasteiger partial charge in [0.2, 0.25) is 5.91 Å². The van der Waals surface area contributed by atoms with Gasteiger partial charge in [-0.2, -0.15) is 0 Å². The Kier molecular flexibility index (Phi) is 6.21. The first-order valence-corrected chi connectivity index (χ1v) is 8.43. The van der Waals surface area contributed by atoms with Crippen molar-refractivity contribution in [1.29, 1.82) is 0 Å². The van der Waals surface area contributed by atoms with E-state index in [1.165, 1.54) is 18.8 Å². The molecule has 1 aromatic carbocycles. The molecule has 0 aliphatic carbocycles. The van der Waals surface area contributed by atoms with Crippen LogP contribution in [0.25, 0.3) is 0 Å². The first kappa shape index (κ1) is 16.8. The molecule has 1 fully saturated rings. The molecule has 0 unspecified atom stereocenters. The predicted octanol–water partition coefficient (Wildman–Crippen LogP) is 2.30. The molecule has 1 aromatic rings. The van der Waals surface area contributed by atoms with Crippen LogP contribution in [-0.2, 0) is 4.79 Å². The van der Waals surface area contributed by atoms with E-state index in [0.29, 0.717) is 4.32 Å². The van der Waals surface area contributed by atoms with E-state index >= 15 is 0 Å². The average Bonchev–Trinajstić information content (AvgIpc) is 3.07. The number of likely N-dealkylation sites (tertiary alicyclic amines) is 1. The Hall–Kier alpha value is -1.60. The minimum atomic E-state index is -0.536. The molecule has 7 heteroatoms. The minimum Gasteiger partial charge on any atom is -0.357 e. The van der Waals surface area contributed by atoms with Gasteiger partial charge < -0.3 is 10.2 Å². The Morgan fingerprint density at radius 2 is 1.86 bits per heavy atom. The number of thioether (sulfide) groups is 1. The number of thiocarbonyl (C=S) groups is 1. The van der Waals surface area contributed by atoms with E-state index in [-0.39, 0.29) is 5.91 Å². The normalized spacial score (nSPS) is 15.2. The number of rotatable bonds is 3. The second-order valence-corrected chi connectivity index (χ2v) is 6.68. The summed E-state index contributed by atoms with van der Waals surface area (Å²) in [6.07, 6.45) is 2.25. The molecule has 22 heavy (non-hydrogen) atoms. The van der Waals surface area contributed by atoms with Crippen molar-refractivity contribution < 1.29 is 9.59 Å². The summed E-state index contributed by atoms with van der Waals surface area (Å²) in [5.41, 5.74) is 0.829. The van der Waals surface area contributed by atoms with Gasteiger partial charge in [0.05, 0.1) is 0 Å². The summed E-state index contributed by atoms with van der Waals surface area (Å²) < 4.78 is 0.707. The lowest BCUT2D eigenvalue weighted by Crippen LogP contribution is -2.40. The first-order valence-electron chi connectivity index (χ1n) is 7.15. The zero-order valence-electron chi connectivity index (χ0n) is 12.4. The van der Waals surface area contributed by atoms with Crippen molar-refractivity contribution >= 4 is 40.2 Å². The Labute approximate surface area is 139 Å². The van der Waals surface area contributed by atoms with Crippen LogP contribution in [0.3, 0.4) is 0 Å². The summed E-state index contributed by atoms with van der Waals surface area (Å²) in [4.78, 5) is 25.9. The van der Waals surface area contributed by atoms with Gasteiger partial charge in [-0.3, -0.25) is 10.1 Å². The maximum atomic E-state index is 12.4. The Balaban J connectivity index is 2.12. The molecular formula is C15H19N3O2S2. The monoisotopic (exact) mass is 337 g/mol. The van der Waals surface area contributed by atoms with Gasteiger partial charge in [0.25, 0.3) is 0 Å². The van der Waals surface area contributed by atoms with Crippen LogP contribution in [0.1, 0.15) is 23.7 Å². The van der Waals surface area contributed by atoms with Crippen LogP contribution in [0.4, 0.5) is 4.79 Å². The van der Waals surface area contributed by atoms with Crippen LogP contribution in [-0.4, -0.2) is 41.3 Å². The number of carbonyl (C=O) groups excluding carboxylic acids is 2. The molecule has 0 radical (unpaired) electrons. The number of amides is 3. The van der Waals surface area contributed by atoms with Crippen molar-refractivity contribution in [1.82, 2.24) is 15.5 Å². The molecule has 0 saturated carbocycles. The van der Waals surface area contributed by atoms with E-state index in [1.54, 1.807) is 0 Å². The molecule has 0 bridgehead atoms. The number of hydrogen-bond donors (Lipinski definition) is 2. The highest BCUT2D eigenvalue weighted by molar-refractivity contribution is 8.23. The van der Waals surface area contributed by atoms with Crippen LogP contribution in [0.15, 0.2) is 30.3 Å². The first-order chi connectivity index (χ1) is 10.6. The standard InChI is InChI=1S/C15H19N3O2S2/c1-16-14(20)17-13(19)12(11-7-3-2-4-8-11)22-15(21)18-9-5-6-10-18/h2-4,7-8,12H,5-6,9-10H2,1H3,(H2,16,17,19,20)/t12-/m0/s1. The van der Waals surface area contributed by atoms with E-state index in [0.717, 1.165) is 31.5 Å². The third-order valence-electron chi connectivity index (χ3n) is 3.39. The fraction of sp³-hybridized carbons (Fsp3) is 0.400. The lowest BCUT2D eigenvalue weighted by atomic mass is 10.1. The van der Waals surface area contributed by atoms with Gasteiger partial charge >= 0.3 is 6.03 Å². The topological polar surface area (TPSA) is 61.4 Å². The molecule has 2 N–H and O–H groups in total. The van der Waals surface area contributed by atoms with E-state index in [2.05, 4.69) is 15.5 Å². The molecule has 1 aliphatic rings. The van der Waals surface area contributed by atoms with Crippen molar-refractivity contribution in [3.63, 3.8) is 0 Å². The van der Waals surface area contributed by atoms with Crippen LogP contribution in [0.2, 0.25) is 0 Å². The van der Waals surface area contributed by atoms with Gasteiger partial charge in [-0.15, -0.1) is 0 Å². The van der Waals surface area contributed by atoms with E-state index in [4.69, 9.17) is 12.2 Å². The number of carbonyl (C=O) groups is 2. The van der Waals surface area contributed by atoms with Crippen LogP contribution in [0, 0.1) is 0 Å². The zero-order valence-corrected chi connectivity index (χ0v) is 14.0. The highest BCUT2D eigenvalue weighted by Crippen LogP contribution is 2.32. The average molecular weight is 337 g/mol. The third-order valence-corrected chi connectivity index (χ3v) is 5.12. The summed E-state index contributed by atoms with van der Waals surface area (Å²) >= 11 is 6.78. The highest BCUT2D eigenvalue weighted by Gasteiger charge is 2.27. The van der Waals surface area contributed by atoms with Crippen LogP contribution in [0.5, 0.6) is 0 Å². The molecule has 118 valence electrons. The number of urea groups is 1. The van der Waals surface area contributed by atoms with Crippen molar-refractivity contribution in [2.75, 3.05) is 20.1 Å². The van der Waals surface area contributed by atoms with Gasteiger partial charge in [0.1, 0.15) is 9.57 Å². The second kappa shape index (κ2) is 8.14. The van der Waals surface area contributed by atoms with E-state index in [1.807, 2.05) is 30.3 Å². The Bertz CT molecular complexity index is 545. The molecule has 1 saturated heterocycles. The fourth-order valence-electron chi connectivity index (χ4n) is 2.22. The SMILES string of the molecule is CNC(=O)NC(=O)[C@@H](SC(=S)N1CCCC1)c1ccccc1. The number of nitrogens with one attached hydrogen (secondary N) is 2. The molecule has 3 amide bonds. The quantitative estimate of drug-likeness (QED) is 0.829. The fourth-order valence-corrected chi connectivity index (χ4v) is 3.68. The number of nitrogens with zero attached hydrogens (tertiary/aromatic N) is 1. The van der Waals surface area contributed by atoms with Gasteiger partial charge in [0, 0.05) is 20.1 Å². The van der Waals surface area contributed by atoms with Gasteiger partial charge in [-0.1, -0.05) is 54.3 Å². The molecule has 1 aliphatic heterocycles. The molecule has 0 aromatic heterocycles. The summed E-state index contributed by atoms with van der Waals surface area (Å²) in [5.74, 6) is -0.364. The lowest BCUT2D eigenvalue weighted by Gasteiger charge is -2.22. The van der Waals surface area contributed by atoms with Crippen molar-refractivity contribution in [2.24, 2.45) is 0 Å². The molecule has 5 nitrogen and oxygen atoms in total. The van der Waals surface area contributed by atoms with E-state index < -0.39 is 11.3 Å². The maximum Gasteiger partial charge on any atom is 0.321 e. The number of benzene rings is 1. The summed E-state index contributed by atoms with van der Waals surface area (Å²) in [7, 11) is 1.47. The maximum absolute atomic E-state index is 12.4. The molecule has 0 spiro atoms. The molecule has 2 rings (SSSR count). The summed E-state index contributed by atoms with van der Waals surface area (Å²) in [6.45, 7) is 1.87. The largest absolute Gasteiger partial charge is 0.357 e. The zero-order chi connectivity index (χ0) is 15.9. The smallest absolute Gasteiger partial charge is 0.321 e. The summed E-state index contributed by atoms with van der Waals surface area (Å²) in [5, 5.41) is 4.19. The van der Waals surface area contributed by atoms with E-state index in [9.17, 15) is 9.59 Å². The molecule has 1 atom stereocenters. The molecular weight excluding hydrogens is 318 g/mol. The summed E-state index contributed by atoms with van der Waals surface area (Å²) in [6, 6.07) is 8.85. The molecule has 1 heterocycles.